The van der Waals surface area contributed by atoms with E-state index in [9.17, 15) is 14.7 Å². The van der Waals surface area contributed by atoms with Crippen LogP contribution in [0.5, 0.6) is 5.75 Å². The van der Waals surface area contributed by atoms with Gasteiger partial charge in [0.15, 0.2) is 0 Å². The molecule has 4 rings (SSSR count). The van der Waals surface area contributed by atoms with E-state index in [2.05, 4.69) is 40.7 Å². The molecule has 0 radical (unpaired) electrons. The van der Waals surface area contributed by atoms with Crippen molar-refractivity contribution in [1.82, 2.24) is 4.57 Å². The molecule has 3 heterocycles. The minimum absolute atomic E-state index is 0.0629. The van der Waals surface area contributed by atoms with Gasteiger partial charge >= 0.3 is 0 Å². The molecule has 6 nitrogen and oxygen atoms in total. The standard InChI is InChI=1S/C28H41NO5/c1-7-16(2)12-17(3)13-19(5)25-18(4)8-9-22(33-25)24-26-21(15-29(6)27(24)31)28(32)11-10-20(30)14-23(28)34-26/h13,15-18,22-23,25,32H,7-12,14H2,1-6H3/t16-,17+,18+,22-,23+,25+,28-/m0/s1. The van der Waals surface area contributed by atoms with Crippen molar-refractivity contribution in [3.05, 3.63) is 39.3 Å². The highest BCUT2D eigenvalue weighted by atomic mass is 16.5. The molecule has 0 amide bonds. The Hall–Kier alpha value is -1.92. The third-order valence-corrected chi connectivity index (χ3v) is 8.32. The fourth-order valence-corrected chi connectivity index (χ4v) is 6.15. The number of allylic oxidation sites excluding steroid dienone is 1. The highest BCUT2D eigenvalue weighted by molar-refractivity contribution is 5.81. The Morgan fingerprint density at radius 3 is 2.76 bits per heavy atom. The molecule has 1 saturated heterocycles. The molecule has 7 atom stereocenters. The Morgan fingerprint density at radius 1 is 1.32 bits per heavy atom. The Bertz CT molecular complexity index is 1030. The number of ketones is 1. The third-order valence-electron chi connectivity index (χ3n) is 8.32. The van der Waals surface area contributed by atoms with E-state index in [1.165, 1.54) is 16.6 Å². The number of aryl methyl sites for hydroxylation is 1. The lowest BCUT2D eigenvalue weighted by atomic mass is 9.78. The summed E-state index contributed by atoms with van der Waals surface area (Å²) >= 11 is 0. The zero-order valence-electron chi connectivity index (χ0n) is 21.6. The van der Waals surface area contributed by atoms with Crippen molar-refractivity contribution in [3.8, 4) is 5.75 Å². The average molecular weight is 472 g/mol. The van der Waals surface area contributed by atoms with Crippen LogP contribution in [0, 0.1) is 17.8 Å². The van der Waals surface area contributed by atoms with Crippen molar-refractivity contribution in [2.24, 2.45) is 24.8 Å². The number of carbonyl (C=O) groups excluding carboxylic acids is 1. The lowest BCUT2D eigenvalue weighted by molar-refractivity contribution is -0.133. The molecule has 0 bridgehead atoms. The number of ether oxygens (including phenoxy) is 2. The van der Waals surface area contributed by atoms with Crippen LogP contribution in [0.3, 0.4) is 0 Å². The largest absolute Gasteiger partial charge is 0.486 e. The molecule has 1 saturated carbocycles. The number of fused-ring (bicyclic) bond motifs is 3. The molecule has 1 N–H and O–H groups in total. The summed E-state index contributed by atoms with van der Waals surface area (Å²) in [5.74, 6) is 2.04. The maximum Gasteiger partial charge on any atom is 0.259 e. The summed E-state index contributed by atoms with van der Waals surface area (Å²) in [7, 11) is 1.71. The summed E-state index contributed by atoms with van der Waals surface area (Å²) < 4.78 is 14.3. The lowest BCUT2D eigenvalue weighted by Crippen LogP contribution is -2.43. The van der Waals surface area contributed by atoms with E-state index in [0.717, 1.165) is 19.3 Å². The monoisotopic (exact) mass is 471 g/mol. The van der Waals surface area contributed by atoms with Gasteiger partial charge in [-0.05, 0) is 55.9 Å². The Balaban J connectivity index is 1.65. The smallest absolute Gasteiger partial charge is 0.259 e. The summed E-state index contributed by atoms with van der Waals surface area (Å²) in [6.45, 7) is 11.1. The van der Waals surface area contributed by atoms with Crippen molar-refractivity contribution < 1.29 is 19.4 Å². The van der Waals surface area contributed by atoms with E-state index in [1.807, 2.05) is 0 Å². The third kappa shape index (κ3) is 4.51. The van der Waals surface area contributed by atoms with Crippen molar-refractivity contribution in [2.45, 2.75) is 103 Å². The number of nitrogens with zero attached hydrogens (tertiary/aromatic N) is 1. The van der Waals surface area contributed by atoms with Gasteiger partial charge in [0.1, 0.15) is 23.2 Å². The number of carbonyl (C=O) groups is 1. The molecular weight excluding hydrogens is 430 g/mol. The SMILES string of the molecule is CC[C@H](C)C[C@@H](C)C=C(C)[C@@H]1O[C@H](c2c3c(cn(C)c2=O)[C@@]2(O)CCC(=O)C[C@H]2O3)CC[C@H]1C. The number of aliphatic hydroxyl groups is 1. The van der Waals surface area contributed by atoms with Crippen LogP contribution >= 0.6 is 0 Å². The van der Waals surface area contributed by atoms with Gasteiger partial charge < -0.3 is 19.1 Å². The summed E-state index contributed by atoms with van der Waals surface area (Å²) in [5, 5.41) is 11.5. The normalized spacial score (nSPS) is 33.1. The zero-order chi connectivity index (χ0) is 24.8. The molecule has 0 unspecified atom stereocenters. The van der Waals surface area contributed by atoms with Crippen molar-refractivity contribution in [3.63, 3.8) is 0 Å². The van der Waals surface area contributed by atoms with E-state index in [-0.39, 0.29) is 23.9 Å². The lowest BCUT2D eigenvalue weighted by Gasteiger charge is -2.36. The summed E-state index contributed by atoms with van der Waals surface area (Å²) in [6.07, 6.45) is 7.74. The van der Waals surface area contributed by atoms with E-state index in [0.29, 0.717) is 47.5 Å². The van der Waals surface area contributed by atoms with E-state index >= 15 is 0 Å². The topological polar surface area (TPSA) is 77.8 Å². The first-order valence-electron chi connectivity index (χ1n) is 13.0. The number of aromatic nitrogens is 1. The van der Waals surface area contributed by atoms with Gasteiger partial charge in [-0.1, -0.05) is 40.2 Å². The molecule has 2 aliphatic heterocycles. The van der Waals surface area contributed by atoms with Crippen LogP contribution in [0.15, 0.2) is 22.6 Å². The number of hydrogen-bond donors (Lipinski definition) is 1. The van der Waals surface area contributed by atoms with Crippen molar-refractivity contribution in [1.29, 1.82) is 0 Å². The first kappa shape index (κ1) is 25.2. The van der Waals surface area contributed by atoms with Gasteiger partial charge in [0, 0.05) is 31.6 Å². The van der Waals surface area contributed by atoms with Crippen LogP contribution in [0.1, 0.15) is 96.8 Å². The minimum Gasteiger partial charge on any atom is -0.486 e. The molecule has 188 valence electrons. The Morgan fingerprint density at radius 2 is 2.06 bits per heavy atom. The van der Waals surface area contributed by atoms with E-state index in [4.69, 9.17) is 9.47 Å². The molecule has 3 aliphatic rings. The van der Waals surface area contributed by atoms with Crippen LogP contribution in [0.2, 0.25) is 0 Å². The summed E-state index contributed by atoms with van der Waals surface area (Å²) in [4.78, 5) is 25.4. The second-order valence-electron chi connectivity index (χ2n) is 11.2. The van der Waals surface area contributed by atoms with Gasteiger partial charge in [-0.25, -0.2) is 0 Å². The van der Waals surface area contributed by atoms with Crippen LogP contribution in [0.25, 0.3) is 0 Å². The molecule has 2 fully saturated rings. The molecule has 0 spiro atoms. The number of rotatable bonds is 6. The van der Waals surface area contributed by atoms with Gasteiger partial charge in [0.25, 0.3) is 5.56 Å². The molecule has 6 heteroatoms. The molecule has 34 heavy (non-hydrogen) atoms. The first-order valence-corrected chi connectivity index (χ1v) is 13.0. The van der Waals surface area contributed by atoms with Crippen molar-refractivity contribution in [2.75, 3.05) is 0 Å². The predicted molar refractivity (Wildman–Crippen MR) is 132 cm³/mol. The number of Topliss-reactive ketones (excluding diaryl/α,β-unsaturated/α-hetero) is 1. The van der Waals surface area contributed by atoms with Crippen LogP contribution in [-0.4, -0.2) is 27.7 Å². The maximum absolute atomic E-state index is 13.3. The maximum atomic E-state index is 13.3. The fraction of sp³-hybridized carbons (Fsp3) is 0.714. The molecule has 1 aromatic rings. The fourth-order valence-electron chi connectivity index (χ4n) is 6.15. The minimum atomic E-state index is -1.23. The highest BCUT2D eigenvalue weighted by Gasteiger charge is 2.53. The van der Waals surface area contributed by atoms with Gasteiger partial charge in [0.2, 0.25) is 0 Å². The van der Waals surface area contributed by atoms with Gasteiger partial charge in [-0.15, -0.1) is 0 Å². The number of pyridine rings is 1. The molecule has 1 aliphatic carbocycles. The molecular formula is C28H41NO5. The Labute approximate surface area is 203 Å². The number of hydrogen-bond acceptors (Lipinski definition) is 5. The average Bonchev–Trinajstić information content (AvgIpc) is 3.06. The van der Waals surface area contributed by atoms with Gasteiger partial charge in [-0.3, -0.25) is 9.59 Å². The highest BCUT2D eigenvalue weighted by Crippen LogP contribution is 2.51. The molecule has 1 aromatic heterocycles. The van der Waals surface area contributed by atoms with Gasteiger partial charge in [0.05, 0.1) is 17.8 Å². The van der Waals surface area contributed by atoms with E-state index < -0.39 is 17.8 Å². The zero-order valence-corrected chi connectivity index (χ0v) is 21.6. The van der Waals surface area contributed by atoms with Gasteiger partial charge in [-0.2, -0.15) is 0 Å². The first-order chi connectivity index (χ1) is 16.0. The van der Waals surface area contributed by atoms with Crippen molar-refractivity contribution >= 4 is 5.78 Å². The van der Waals surface area contributed by atoms with E-state index in [1.54, 1.807) is 13.2 Å². The predicted octanol–water partition coefficient (Wildman–Crippen LogP) is 4.96. The second-order valence-corrected chi connectivity index (χ2v) is 11.2. The molecule has 0 aromatic carbocycles. The van der Waals surface area contributed by atoms with Crippen LogP contribution < -0.4 is 10.3 Å². The van der Waals surface area contributed by atoms with Crippen LogP contribution in [0.4, 0.5) is 0 Å². The summed E-state index contributed by atoms with van der Waals surface area (Å²) in [6, 6.07) is 0. The Kier molecular flexibility index (Phi) is 7.12. The van der Waals surface area contributed by atoms with Crippen LogP contribution in [-0.2, 0) is 22.2 Å². The second kappa shape index (κ2) is 9.62. The summed E-state index contributed by atoms with van der Waals surface area (Å²) in [5.41, 5.74) is 0.947. The quantitative estimate of drug-likeness (QED) is 0.593.